The van der Waals surface area contributed by atoms with E-state index in [0.29, 0.717) is 12.8 Å². The average Bonchev–Trinajstić information content (AvgIpc) is 2.52. The lowest BCUT2D eigenvalue weighted by atomic mass is 9.77. The Bertz CT molecular complexity index is 274. The van der Waals surface area contributed by atoms with Gasteiger partial charge in [-0.05, 0) is 12.8 Å². The molecule has 1 aliphatic carbocycles. The number of hydrogen-bond acceptors (Lipinski definition) is 3. The van der Waals surface area contributed by atoms with Crippen LogP contribution in [-0.4, -0.2) is 38.4 Å². The normalized spacial score (nSPS) is 22.4. The van der Waals surface area contributed by atoms with Crippen molar-refractivity contribution in [3.05, 3.63) is 0 Å². The van der Waals surface area contributed by atoms with Gasteiger partial charge in [0.2, 0.25) is 0 Å². The highest BCUT2D eigenvalue weighted by Gasteiger charge is 2.40. The lowest BCUT2D eigenvalue weighted by Gasteiger charge is -2.31. The van der Waals surface area contributed by atoms with E-state index in [1.165, 1.54) is 7.05 Å². The fraction of sp³-hybridized carbons (Fsp3) is 1.00. The molecule has 1 saturated carbocycles. The van der Waals surface area contributed by atoms with Crippen LogP contribution in [0.2, 0.25) is 0 Å². The monoisotopic (exact) mass is 204 g/mol. The molecule has 0 unspecified atom stereocenters. The first-order valence-corrected chi connectivity index (χ1v) is 5.58. The third kappa shape index (κ3) is 2.04. The summed E-state index contributed by atoms with van der Waals surface area (Å²) in [7, 11) is 3.13. The molecule has 0 aliphatic heterocycles. The zero-order valence-corrected chi connectivity index (χ0v) is 8.34. The Morgan fingerprint density at radius 2 is 1.92 bits per heavy atom. The molecule has 13 heavy (non-hydrogen) atoms. The van der Waals surface area contributed by atoms with Gasteiger partial charge in [0.05, 0.1) is 0 Å². The third-order valence-corrected chi connectivity index (χ3v) is 3.67. The largest absolute Gasteiger partial charge is 0.300 e. The average molecular weight is 204 g/mol. The fourth-order valence-corrected chi connectivity index (χ4v) is 2.34. The fourth-order valence-electron chi connectivity index (χ4n) is 1.50. The molecule has 2 N–H and O–H groups in total. The number of nitrogens with zero attached hydrogens (tertiary/aromatic N) is 1. The van der Waals surface area contributed by atoms with E-state index in [-0.39, 0.29) is 4.47 Å². The van der Waals surface area contributed by atoms with Crippen LogP contribution in [0.5, 0.6) is 0 Å². The molecule has 0 spiro atoms. The maximum absolute atomic E-state index is 11.2. The van der Waals surface area contributed by atoms with Gasteiger partial charge < -0.3 is 0 Å². The van der Waals surface area contributed by atoms with E-state index in [1.54, 1.807) is 0 Å². The summed E-state index contributed by atoms with van der Waals surface area (Å²) in [4.78, 5) is 0. The molecule has 0 aromatic carbocycles. The standard InChI is InChI=1S/C6H13BN2O3S/c1-8-13(11,12)9(10)6(7)4-2-3-5-6/h8,10H,2-5H2,1H3. The molecule has 7 heteroatoms. The van der Waals surface area contributed by atoms with Gasteiger partial charge in [-0.3, -0.25) is 5.21 Å². The molecule has 0 saturated heterocycles. The SMILES string of the molecule is [B]C1(N(O)S(=O)(=O)NC)CCCC1. The van der Waals surface area contributed by atoms with E-state index in [9.17, 15) is 13.6 Å². The highest BCUT2D eigenvalue weighted by Crippen LogP contribution is 2.32. The van der Waals surface area contributed by atoms with Crippen LogP contribution in [0.1, 0.15) is 25.7 Å². The maximum atomic E-state index is 11.2. The molecule has 5 nitrogen and oxygen atoms in total. The molecule has 1 rings (SSSR count). The van der Waals surface area contributed by atoms with Crippen molar-refractivity contribution in [2.45, 2.75) is 31.1 Å². The van der Waals surface area contributed by atoms with Gasteiger partial charge in [-0.15, -0.1) is 0 Å². The molecule has 1 fully saturated rings. The minimum absolute atomic E-state index is 0.243. The van der Waals surface area contributed by atoms with Crippen molar-refractivity contribution < 1.29 is 13.6 Å². The van der Waals surface area contributed by atoms with Gasteiger partial charge in [-0.1, -0.05) is 17.3 Å². The van der Waals surface area contributed by atoms with E-state index < -0.39 is 15.6 Å². The Labute approximate surface area is 79.7 Å². The first kappa shape index (κ1) is 11.0. The maximum Gasteiger partial charge on any atom is 0.300 e. The first-order chi connectivity index (χ1) is 5.92. The minimum atomic E-state index is -3.83. The predicted octanol–water partition coefficient (Wildman–Crippen LogP) is -0.419. The molecule has 2 radical (unpaired) electrons. The lowest BCUT2D eigenvalue weighted by molar-refractivity contribution is -0.0530. The van der Waals surface area contributed by atoms with Crippen LogP contribution in [0.3, 0.4) is 0 Å². The summed E-state index contributed by atoms with van der Waals surface area (Å²) < 4.78 is 24.6. The zero-order chi connectivity index (χ0) is 10.1. The van der Waals surface area contributed by atoms with Gasteiger partial charge in [0.1, 0.15) is 7.85 Å². The van der Waals surface area contributed by atoms with E-state index >= 15 is 0 Å². The summed E-state index contributed by atoms with van der Waals surface area (Å²) in [6, 6.07) is 0. The molecule has 0 aromatic rings. The molecule has 0 bridgehead atoms. The molecular formula is C6H13BN2O3S. The van der Waals surface area contributed by atoms with Crippen molar-refractivity contribution in [2.24, 2.45) is 0 Å². The molecule has 74 valence electrons. The highest BCUT2D eigenvalue weighted by atomic mass is 32.2. The van der Waals surface area contributed by atoms with E-state index in [2.05, 4.69) is 0 Å². The Morgan fingerprint density at radius 1 is 1.46 bits per heavy atom. The second kappa shape index (κ2) is 3.57. The van der Waals surface area contributed by atoms with E-state index in [0.717, 1.165) is 12.8 Å². The summed E-state index contributed by atoms with van der Waals surface area (Å²) in [5, 5.41) is 9.39. The van der Waals surface area contributed by atoms with Gasteiger partial charge in [0.25, 0.3) is 0 Å². The van der Waals surface area contributed by atoms with Crippen LogP contribution < -0.4 is 4.72 Å². The van der Waals surface area contributed by atoms with Gasteiger partial charge in [-0.2, -0.15) is 8.42 Å². The summed E-state index contributed by atoms with van der Waals surface area (Å²) in [5.41, 5.74) is -1.12. The zero-order valence-electron chi connectivity index (χ0n) is 7.52. The smallest absolute Gasteiger partial charge is 0.299 e. The molecular weight excluding hydrogens is 191 g/mol. The summed E-state index contributed by atoms with van der Waals surface area (Å²) in [5.74, 6) is 0. The van der Waals surface area contributed by atoms with E-state index in [4.69, 9.17) is 7.85 Å². The first-order valence-electron chi connectivity index (χ1n) is 4.14. The van der Waals surface area contributed by atoms with Gasteiger partial charge in [0, 0.05) is 12.5 Å². The predicted molar refractivity (Wildman–Crippen MR) is 48.6 cm³/mol. The summed E-state index contributed by atoms with van der Waals surface area (Å²) >= 11 is 0. The van der Waals surface area contributed by atoms with Gasteiger partial charge >= 0.3 is 10.2 Å². The Hall–Kier alpha value is -0.105. The molecule has 0 aromatic heterocycles. The van der Waals surface area contributed by atoms with Crippen LogP contribution in [0.15, 0.2) is 0 Å². The lowest BCUT2D eigenvalue weighted by Crippen LogP contribution is -2.51. The van der Waals surface area contributed by atoms with E-state index in [1.807, 2.05) is 4.72 Å². The van der Waals surface area contributed by atoms with Crippen LogP contribution in [-0.2, 0) is 10.2 Å². The van der Waals surface area contributed by atoms with Crippen molar-refractivity contribution in [1.29, 1.82) is 0 Å². The quantitative estimate of drug-likeness (QED) is 0.484. The number of hydrogen-bond donors (Lipinski definition) is 2. The second-order valence-corrected chi connectivity index (χ2v) is 4.97. The molecule has 0 amide bonds. The highest BCUT2D eigenvalue weighted by molar-refractivity contribution is 7.87. The Kier molecular flexibility index (Phi) is 3.01. The summed E-state index contributed by atoms with van der Waals surface area (Å²) in [6.07, 6.45) is 2.66. The van der Waals surface area contributed by atoms with Crippen LogP contribution in [0.25, 0.3) is 0 Å². The third-order valence-electron chi connectivity index (χ3n) is 2.34. The van der Waals surface area contributed by atoms with Crippen molar-refractivity contribution in [3.8, 4) is 0 Å². The van der Waals surface area contributed by atoms with Crippen LogP contribution in [0, 0.1) is 0 Å². The number of hydroxylamine groups is 1. The Morgan fingerprint density at radius 3 is 2.31 bits per heavy atom. The van der Waals surface area contributed by atoms with Crippen molar-refractivity contribution in [3.63, 3.8) is 0 Å². The van der Waals surface area contributed by atoms with Gasteiger partial charge in [0.15, 0.2) is 0 Å². The molecule has 0 atom stereocenters. The molecule has 1 aliphatic rings. The van der Waals surface area contributed by atoms with Crippen molar-refractivity contribution in [2.75, 3.05) is 7.05 Å². The van der Waals surface area contributed by atoms with Gasteiger partial charge in [-0.25, -0.2) is 4.72 Å². The Balaban J connectivity index is 2.83. The topological polar surface area (TPSA) is 69.6 Å². The number of rotatable bonds is 3. The van der Waals surface area contributed by atoms with Crippen molar-refractivity contribution >= 4 is 18.1 Å². The van der Waals surface area contributed by atoms with Crippen molar-refractivity contribution in [1.82, 2.24) is 9.19 Å². The number of nitrogens with one attached hydrogen (secondary N) is 1. The second-order valence-electron chi connectivity index (χ2n) is 3.26. The minimum Gasteiger partial charge on any atom is -0.299 e. The summed E-state index contributed by atoms with van der Waals surface area (Å²) in [6.45, 7) is 0. The van der Waals surface area contributed by atoms with Crippen LogP contribution in [0.4, 0.5) is 0 Å². The van der Waals surface area contributed by atoms with Crippen LogP contribution >= 0.6 is 0 Å². The molecule has 0 heterocycles.